The zero-order chi connectivity index (χ0) is 23.7. The van der Waals surface area contributed by atoms with E-state index in [0.29, 0.717) is 34.1 Å². The minimum atomic E-state index is -0.696. The molecular formula is C23H25NO7S. The van der Waals surface area contributed by atoms with Crippen molar-refractivity contribution in [3.8, 4) is 17.2 Å². The Morgan fingerprint density at radius 2 is 1.62 bits per heavy atom. The van der Waals surface area contributed by atoms with E-state index in [9.17, 15) is 14.4 Å². The molecule has 0 aromatic heterocycles. The Hall–Kier alpha value is -3.46. The number of nitrogens with one attached hydrogen (secondary N) is 1. The van der Waals surface area contributed by atoms with Gasteiger partial charge in [0.2, 0.25) is 5.91 Å². The number of hydrogen-bond donors (Lipinski definition) is 1. The lowest BCUT2D eigenvalue weighted by Crippen LogP contribution is -2.14. The van der Waals surface area contributed by atoms with E-state index in [0.717, 1.165) is 4.90 Å². The zero-order valence-corrected chi connectivity index (χ0v) is 19.3. The lowest BCUT2D eigenvalue weighted by atomic mass is 10.1. The lowest BCUT2D eigenvalue weighted by molar-refractivity contribution is -0.136. The molecule has 0 aliphatic rings. The monoisotopic (exact) mass is 459 g/mol. The average Bonchev–Trinajstić information content (AvgIpc) is 2.79. The first-order valence-corrected chi connectivity index (χ1v) is 10.7. The van der Waals surface area contributed by atoms with Gasteiger partial charge in [0.25, 0.3) is 0 Å². The van der Waals surface area contributed by atoms with Crippen LogP contribution in [-0.2, 0) is 14.3 Å². The number of anilines is 1. The maximum atomic E-state index is 12.4. The van der Waals surface area contributed by atoms with Gasteiger partial charge >= 0.3 is 5.97 Å². The van der Waals surface area contributed by atoms with E-state index in [1.165, 1.54) is 52.2 Å². The molecule has 0 saturated carbocycles. The summed E-state index contributed by atoms with van der Waals surface area (Å²) in [6.45, 7) is 0.949. The highest BCUT2D eigenvalue weighted by Crippen LogP contribution is 2.35. The van der Waals surface area contributed by atoms with Crippen LogP contribution in [0.4, 0.5) is 5.69 Å². The second-order valence-electron chi connectivity index (χ2n) is 6.41. The summed E-state index contributed by atoms with van der Waals surface area (Å²) in [5, 5.41) is 2.69. The number of ether oxygens (including phenoxy) is 4. The molecule has 170 valence electrons. The molecule has 0 fully saturated rings. The Bertz CT molecular complexity index is 1030. The maximum Gasteiger partial charge on any atom is 0.331 e. The summed E-state index contributed by atoms with van der Waals surface area (Å²) in [5.74, 6) is 0.0999. The predicted octanol–water partition coefficient (Wildman–Crippen LogP) is 3.83. The van der Waals surface area contributed by atoms with Crippen LogP contribution in [0.2, 0.25) is 0 Å². The fourth-order valence-electron chi connectivity index (χ4n) is 2.78. The number of methoxy groups -OCH3 is 3. The lowest BCUT2D eigenvalue weighted by Gasteiger charge is -2.12. The van der Waals surface area contributed by atoms with Crippen molar-refractivity contribution in [3.63, 3.8) is 0 Å². The molecular weight excluding hydrogens is 434 g/mol. The Kier molecular flexibility index (Phi) is 9.15. The predicted molar refractivity (Wildman–Crippen MR) is 123 cm³/mol. The van der Waals surface area contributed by atoms with E-state index in [1.54, 1.807) is 30.3 Å². The topological polar surface area (TPSA) is 100 Å². The highest BCUT2D eigenvalue weighted by molar-refractivity contribution is 7.98. The SMILES string of the molecule is COc1cc(OC)c(OC)cc1/C=C/C(=O)OCC(=O)c1ccc(SC)c(NC(C)=O)c1. The highest BCUT2D eigenvalue weighted by Gasteiger charge is 2.13. The number of thioether (sulfide) groups is 1. The quantitative estimate of drug-likeness (QED) is 0.248. The van der Waals surface area contributed by atoms with Gasteiger partial charge in [-0.3, -0.25) is 9.59 Å². The fraction of sp³-hybridized carbons (Fsp3) is 0.261. The summed E-state index contributed by atoms with van der Waals surface area (Å²) in [6, 6.07) is 8.21. The van der Waals surface area contributed by atoms with Crippen LogP contribution >= 0.6 is 11.8 Å². The Morgan fingerprint density at radius 3 is 2.22 bits per heavy atom. The normalized spacial score (nSPS) is 10.5. The Labute approximate surface area is 190 Å². The van der Waals surface area contributed by atoms with E-state index in [1.807, 2.05) is 6.26 Å². The summed E-state index contributed by atoms with van der Waals surface area (Å²) in [4.78, 5) is 36.8. The van der Waals surface area contributed by atoms with Gasteiger partial charge in [0.1, 0.15) is 5.75 Å². The molecule has 2 aromatic carbocycles. The van der Waals surface area contributed by atoms with Gasteiger partial charge in [0.15, 0.2) is 23.9 Å². The van der Waals surface area contributed by atoms with Crippen molar-refractivity contribution in [2.24, 2.45) is 0 Å². The maximum absolute atomic E-state index is 12.4. The number of carbonyl (C=O) groups excluding carboxylic acids is 3. The smallest absolute Gasteiger partial charge is 0.331 e. The molecule has 0 atom stereocenters. The van der Waals surface area contributed by atoms with E-state index < -0.39 is 18.4 Å². The van der Waals surface area contributed by atoms with Gasteiger partial charge in [-0.15, -0.1) is 11.8 Å². The first-order valence-electron chi connectivity index (χ1n) is 9.46. The standard InChI is InChI=1S/C23H25NO7S/c1-14(25)24-17-10-15(6-8-22(17)32-5)18(26)13-31-23(27)9-7-16-11-20(29-3)21(30-4)12-19(16)28-2/h6-12H,13H2,1-5H3,(H,24,25)/b9-7+. The van der Waals surface area contributed by atoms with Gasteiger partial charge in [-0.05, 0) is 30.5 Å². The molecule has 0 unspecified atom stereocenters. The number of rotatable bonds is 10. The van der Waals surface area contributed by atoms with Gasteiger partial charge in [-0.2, -0.15) is 0 Å². The average molecular weight is 460 g/mol. The van der Waals surface area contributed by atoms with Crippen molar-refractivity contribution in [2.75, 3.05) is 39.5 Å². The second-order valence-corrected chi connectivity index (χ2v) is 7.26. The number of hydrogen-bond acceptors (Lipinski definition) is 8. The Balaban J connectivity index is 2.08. The van der Waals surface area contributed by atoms with E-state index in [-0.39, 0.29) is 5.91 Å². The molecule has 0 heterocycles. The van der Waals surface area contributed by atoms with Crippen LogP contribution in [0.25, 0.3) is 6.08 Å². The van der Waals surface area contributed by atoms with Crippen LogP contribution in [0, 0.1) is 0 Å². The van der Waals surface area contributed by atoms with Gasteiger partial charge in [0.05, 0.1) is 27.0 Å². The summed E-state index contributed by atoms with van der Waals surface area (Å²) in [6.07, 6.45) is 4.55. The van der Waals surface area contributed by atoms with Crippen molar-refractivity contribution in [3.05, 3.63) is 47.5 Å². The number of benzene rings is 2. The van der Waals surface area contributed by atoms with E-state index >= 15 is 0 Å². The van der Waals surface area contributed by atoms with E-state index in [2.05, 4.69) is 5.32 Å². The molecule has 2 aromatic rings. The second kappa shape index (κ2) is 11.8. The van der Waals surface area contributed by atoms with Crippen molar-refractivity contribution in [1.29, 1.82) is 0 Å². The number of Topliss-reactive ketones (excluding diaryl/α,β-unsaturated/α-hetero) is 1. The summed E-state index contributed by atoms with van der Waals surface area (Å²) >= 11 is 1.44. The number of esters is 1. The molecule has 0 aliphatic carbocycles. The summed E-state index contributed by atoms with van der Waals surface area (Å²) in [7, 11) is 4.50. The van der Waals surface area contributed by atoms with Crippen LogP contribution in [0.5, 0.6) is 17.2 Å². The van der Waals surface area contributed by atoms with E-state index in [4.69, 9.17) is 18.9 Å². The fourth-order valence-corrected chi connectivity index (χ4v) is 3.31. The molecule has 8 nitrogen and oxygen atoms in total. The Morgan fingerprint density at radius 1 is 0.969 bits per heavy atom. The first kappa shape index (κ1) is 24.8. The molecule has 1 N–H and O–H groups in total. The third kappa shape index (κ3) is 6.52. The third-order valence-electron chi connectivity index (χ3n) is 4.31. The molecule has 0 saturated heterocycles. The van der Waals surface area contributed by atoms with Gasteiger partial charge in [-0.25, -0.2) is 4.79 Å². The van der Waals surface area contributed by atoms with Gasteiger partial charge < -0.3 is 24.3 Å². The van der Waals surface area contributed by atoms with Crippen LogP contribution < -0.4 is 19.5 Å². The number of carbonyl (C=O) groups is 3. The largest absolute Gasteiger partial charge is 0.496 e. The molecule has 2 rings (SSSR count). The summed E-state index contributed by atoms with van der Waals surface area (Å²) in [5.41, 5.74) is 1.42. The zero-order valence-electron chi connectivity index (χ0n) is 18.5. The minimum absolute atomic E-state index is 0.243. The van der Waals surface area contributed by atoms with Crippen LogP contribution in [0.1, 0.15) is 22.8 Å². The number of amides is 1. The minimum Gasteiger partial charge on any atom is -0.496 e. The van der Waals surface area contributed by atoms with Crippen molar-refractivity contribution in [2.45, 2.75) is 11.8 Å². The summed E-state index contributed by atoms with van der Waals surface area (Å²) < 4.78 is 20.9. The van der Waals surface area contributed by atoms with Crippen LogP contribution in [0.15, 0.2) is 41.3 Å². The molecule has 1 amide bonds. The van der Waals surface area contributed by atoms with Crippen LogP contribution in [-0.4, -0.2) is 51.9 Å². The molecule has 9 heteroatoms. The molecule has 0 bridgehead atoms. The first-order chi connectivity index (χ1) is 15.3. The van der Waals surface area contributed by atoms with Gasteiger partial charge in [-0.1, -0.05) is 6.07 Å². The van der Waals surface area contributed by atoms with Crippen molar-refractivity contribution >= 4 is 41.2 Å². The molecule has 32 heavy (non-hydrogen) atoms. The third-order valence-corrected chi connectivity index (χ3v) is 5.11. The van der Waals surface area contributed by atoms with Gasteiger partial charge in [0, 0.05) is 35.1 Å². The molecule has 0 spiro atoms. The van der Waals surface area contributed by atoms with Crippen LogP contribution in [0.3, 0.4) is 0 Å². The molecule has 0 radical (unpaired) electrons. The number of ketones is 1. The van der Waals surface area contributed by atoms with Crippen molar-refractivity contribution < 1.29 is 33.3 Å². The highest BCUT2D eigenvalue weighted by atomic mass is 32.2. The van der Waals surface area contributed by atoms with Crippen molar-refractivity contribution in [1.82, 2.24) is 0 Å². The molecule has 0 aliphatic heterocycles.